The summed E-state index contributed by atoms with van der Waals surface area (Å²) in [5.41, 5.74) is 1.78. The molecule has 7 nitrogen and oxygen atoms in total. The van der Waals surface area contributed by atoms with Gasteiger partial charge in [-0.15, -0.1) is 0 Å². The second-order valence-electron chi connectivity index (χ2n) is 6.02. The topological polar surface area (TPSA) is 59.3 Å². The molecule has 2 heterocycles. The van der Waals surface area contributed by atoms with Crippen LogP contribution in [0.25, 0.3) is 5.69 Å². The smallest absolute Gasteiger partial charge is 0.250 e. The Bertz CT molecular complexity index is 876. The van der Waals surface area contributed by atoms with Crippen LogP contribution in [0.2, 0.25) is 0 Å². The van der Waals surface area contributed by atoms with Crippen molar-refractivity contribution < 1.29 is 9.13 Å². The normalized spacial score (nSPS) is 14.5. The second-order valence-corrected chi connectivity index (χ2v) is 6.02. The van der Waals surface area contributed by atoms with Crippen LogP contribution in [0, 0.1) is 5.82 Å². The van der Waals surface area contributed by atoms with Crippen LogP contribution in [0.5, 0.6) is 5.75 Å². The number of piperazine rings is 1. The van der Waals surface area contributed by atoms with Gasteiger partial charge in [-0.2, -0.15) is 4.68 Å². The number of hydrogen-bond donors (Lipinski definition) is 0. The number of halogens is 1. The number of anilines is 2. The van der Waals surface area contributed by atoms with E-state index in [0.29, 0.717) is 0 Å². The monoisotopic (exact) mass is 354 g/mol. The van der Waals surface area contributed by atoms with Crippen LogP contribution in [0.1, 0.15) is 0 Å². The zero-order valence-electron chi connectivity index (χ0n) is 14.4. The van der Waals surface area contributed by atoms with Crippen molar-refractivity contribution in [2.45, 2.75) is 0 Å². The fourth-order valence-electron chi connectivity index (χ4n) is 3.13. The predicted molar refractivity (Wildman–Crippen MR) is 96.5 cm³/mol. The minimum Gasteiger partial charge on any atom is -0.494 e. The fraction of sp³-hybridized carbons (Fsp3) is 0.278. The number of ether oxygens (including phenoxy) is 1. The van der Waals surface area contributed by atoms with Crippen LogP contribution < -0.4 is 14.5 Å². The Balaban J connectivity index is 1.48. The van der Waals surface area contributed by atoms with Crippen LogP contribution in [0.4, 0.5) is 16.0 Å². The molecule has 1 aliphatic rings. The van der Waals surface area contributed by atoms with Gasteiger partial charge in [0.1, 0.15) is 0 Å². The third-order valence-electron chi connectivity index (χ3n) is 4.52. The Labute approximate surface area is 150 Å². The molecule has 0 unspecified atom stereocenters. The summed E-state index contributed by atoms with van der Waals surface area (Å²) in [7, 11) is 1.47. The van der Waals surface area contributed by atoms with Crippen LogP contribution in [-0.2, 0) is 0 Å². The molecule has 3 aromatic rings. The highest BCUT2D eigenvalue weighted by atomic mass is 19.1. The van der Waals surface area contributed by atoms with Crippen molar-refractivity contribution in [1.29, 1.82) is 0 Å². The van der Waals surface area contributed by atoms with Gasteiger partial charge in [-0.05, 0) is 34.7 Å². The Kier molecular flexibility index (Phi) is 4.39. The van der Waals surface area contributed by atoms with E-state index in [9.17, 15) is 4.39 Å². The van der Waals surface area contributed by atoms with Crippen molar-refractivity contribution in [2.24, 2.45) is 0 Å². The molecular weight excluding hydrogens is 335 g/mol. The van der Waals surface area contributed by atoms with Gasteiger partial charge in [0, 0.05) is 37.9 Å². The molecule has 0 N–H and O–H groups in total. The largest absolute Gasteiger partial charge is 0.494 e. The van der Waals surface area contributed by atoms with Gasteiger partial charge in [0.25, 0.3) is 0 Å². The van der Waals surface area contributed by atoms with Crippen molar-refractivity contribution in [3.63, 3.8) is 0 Å². The number of benzene rings is 2. The fourth-order valence-corrected chi connectivity index (χ4v) is 3.13. The minimum absolute atomic E-state index is 0.259. The Morgan fingerprint density at radius 3 is 2.35 bits per heavy atom. The summed E-state index contributed by atoms with van der Waals surface area (Å²) in [6.07, 6.45) is 0. The van der Waals surface area contributed by atoms with E-state index in [-0.39, 0.29) is 11.6 Å². The van der Waals surface area contributed by atoms with E-state index in [4.69, 9.17) is 4.74 Å². The van der Waals surface area contributed by atoms with Gasteiger partial charge in [0.2, 0.25) is 5.95 Å². The van der Waals surface area contributed by atoms with Crippen LogP contribution in [0.3, 0.4) is 0 Å². The molecule has 0 saturated carbocycles. The first-order valence-corrected chi connectivity index (χ1v) is 8.43. The summed E-state index contributed by atoms with van der Waals surface area (Å²) in [5, 5.41) is 12.1. The standard InChI is InChI=1S/C18H19FN6O/c1-26-17-8-7-15(13-16(17)19)23-9-11-24(12-10-23)18-20-21-22-25(18)14-5-3-2-4-6-14/h2-8,13H,9-12H2,1H3. The molecule has 4 rings (SSSR count). The number of hydrogen-bond acceptors (Lipinski definition) is 6. The number of methoxy groups -OCH3 is 1. The van der Waals surface area contributed by atoms with Crippen molar-refractivity contribution in [3.05, 3.63) is 54.3 Å². The maximum absolute atomic E-state index is 14.0. The summed E-state index contributed by atoms with van der Waals surface area (Å²) >= 11 is 0. The SMILES string of the molecule is COc1ccc(N2CCN(c3nnnn3-c3ccccc3)CC2)cc1F. The number of nitrogens with zero attached hydrogens (tertiary/aromatic N) is 6. The first kappa shape index (κ1) is 16.3. The zero-order chi connectivity index (χ0) is 17.9. The Hall–Kier alpha value is -3.16. The van der Waals surface area contributed by atoms with Crippen molar-refractivity contribution >= 4 is 11.6 Å². The molecule has 1 saturated heterocycles. The Morgan fingerprint density at radius 2 is 1.65 bits per heavy atom. The lowest BCUT2D eigenvalue weighted by molar-refractivity contribution is 0.386. The lowest BCUT2D eigenvalue weighted by Gasteiger charge is -2.36. The predicted octanol–water partition coefficient (Wildman–Crippen LogP) is 2.14. The number of para-hydroxylation sites is 1. The third kappa shape index (κ3) is 3.05. The molecule has 0 spiro atoms. The van der Waals surface area contributed by atoms with E-state index < -0.39 is 0 Å². The molecule has 0 amide bonds. The zero-order valence-corrected chi connectivity index (χ0v) is 14.4. The van der Waals surface area contributed by atoms with E-state index in [0.717, 1.165) is 43.5 Å². The third-order valence-corrected chi connectivity index (χ3v) is 4.52. The maximum Gasteiger partial charge on any atom is 0.250 e. The lowest BCUT2D eigenvalue weighted by atomic mass is 10.2. The average Bonchev–Trinajstić information content (AvgIpc) is 3.18. The van der Waals surface area contributed by atoms with E-state index >= 15 is 0 Å². The highest BCUT2D eigenvalue weighted by molar-refractivity contribution is 5.52. The minimum atomic E-state index is -0.347. The van der Waals surface area contributed by atoms with Crippen LogP contribution in [0.15, 0.2) is 48.5 Å². The molecule has 1 fully saturated rings. The first-order valence-electron chi connectivity index (χ1n) is 8.43. The molecule has 2 aromatic carbocycles. The molecule has 0 aliphatic carbocycles. The van der Waals surface area contributed by atoms with Gasteiger partial charge in [0.05, 0.1) is 12.8 Å². The molecule has 1 aromatic heterocycles. The number of tetrazole rings is 1. The van der Waals surface area contributed by atoms with Crippen molar-refractivity contribution in [2.75, 3.05) is 43.1 Å². The van der Waals surface area contributed by atoms with Gasteiger partial charge in [-0.3, -0.25) is 0 Å². The summed E-state index contributed by atoms with van der Waals surface area (Å²) in [5.74, 6) is 0.631. The summed E-state index contributed by atoms with van der Waals surface area (Å²) < 4.78 is 20.7. The van der Waals surface area contributed by atoms with Gasteiger partial charge in [-0.25, -0.2) is 4.39 Å². The van der Waals surface area contributed by atoms with Gasteiger partial charge in [-0.1, -0.05) is 23.3 Å². The van der Waals surface area contributed by atoms with Gasteiger partial charge < -0.3 is 14.5 Å². The molecule has 1 aliphatic heterocycles. The lowest BCUT2D eigenvalue weighted by Crippen LogP contribution is -2.47. The number of aromatic nitrogens is 4. The highest BCUT2D eigenvalue weighted by Crippen LogP contribution is 2.25. The molecule has 26 heavy (non-hydrogen) atoms. The van der Waals surface area contributed by atoms with E-state index in [2.05, 4.69) is 25.3 Å². The highest BCUT2D eigenvalue weighted by Gasteiger charge is 2.23. The summed E-state index contributed by atoms with van der Waals surface area (Å²) in [6, 6.07) is 14.9. The molecule has 0 radical (unpaired) electrons. The quantitative estimate of drug-likeness (QED) is 0.715. The van der Waals surface area contributed by atoms with Crippen molar-refractivity contribution in [1.82, 2.24) is 20.2 Å². The van der Waals surface area contributed by atoms with Gasteiger partial charge >= 0.3 is 0 Å². The first-order chi connectivity index (χ1) is 12.8. The van der Waals surface area contributed by atoms with E-state index in [1.807, 2.05) is 36.4 Å². The molecule has 134 valence electrons. The van der Waals surface area contributed by atoms with E-state index in [1.165, 1.54) is 13.2 Å². The van der Waals surface area contributed by atoms with Crippen LogP contribution in [-0.4, -0.2) is 53.5 Å². The van der Waals surface area contributed by atoms with Crippen LogP contribution >= 0.6 is 0 Å². The molecule has 0 bridgehead atoms. The molecule has 8 heteroatoms. The van der Waals surface area contributed by atoms with Crippen molar-refractivity contribution in [3.8, 4) is 11.4 Å². The van der Waals surface area contributed by atoms with Gasteiger partial charge in [0.15, 0.2) is 11.6 Å². The second kappa shape index (κ2) is 6.99. The Morgan fingerprint density at radius 1 is 0.923 bits per heavy atom. The summed E-state index contributed by atoms with van der Waals surface area (Å²) in [4.78, 5) is 4.29. The average molecular weight is 354 g/mol. The summed E-state index contributed by atoms with van der Waals surface area (Å²) in [6.45, 7) is 3.02. The molecule has 0 atom stereocenters. The van der Waals surface area contributed by atoms with E-state index in [1.54, 1.807) is 10.7 Å². The molecular formula is C18H19FN6O. The maximum atomic E-state index is 14.0. The number of rotatable bonds is 4.